The van der Waals surface area contributed by atoms with Gasteiger partial charge in [-0.05, 0) is 19.1 Å². The summed E-state index contributed by atoms with van der Waals surface area (Å²) in [6, 6.07) is 8.56. The largest absolute Gasteiger partial charge is 0.373 e. The van der Waals surface area contributed by atoms with Crippen LogP contribution >= 0.6 is 0 Å². The Morgan fingerprint density at radius 3 is 2.52 bits per heavy atom. The molecule has 0 amide bonds. The van der Waals surface area contributed by atoms with Gasteiger partial charge in [-0.25, -0.2) is 14.4 Å². The minimum absolute atomic E-state index is 0.205. The van der Waals surface area contributed by atoms with Crippen molar-refractivity contribution in [1.29, 1.82) is 0 Å². The first-order chi connectivity index (χ1) is 10.1. The van der Waals surface area contributed by atoms with Crippen molar-refractivity contribution in [1.82, 2.24) is 9.97 Å². The lowest BCUT2D eigenvalue weighted by atomic mass is 10.2. The van der Waals surface area contributed by atoms with Gasteiger partial charge in [0.1, 0.15) is 23.3 Å². The second kappa shape index (κ2) is 6.52. The summed E-state index contributed by atoms with van der Waals surface area (Å²) in [5.74, 6) is 2.13. The minimum atomic E-state index is -0.255. The number of para-hydroxylation sites is 1. The molecule has 0 unspecified atom stereocenters. The molecule has 1 heterocycles. The molecule has 0 fully saturated rings. The van der Waals surface area contributed by atoms with Crippen molar-refractivity contribution < 1.29 is 4.39 Å². The lowest BCUT2D eigenvalue weighted by Crippen LogP contribution is -2.20. The van der Waals surface area contributed by atoms with Crippen molar-refractivity contribution in [3.05, 3.63) is 42.0 Å². The van der Waals surface area contributed by atoms with Gasteiger partial charge in [0.2, 0.25) is 0 Å². The van der Waals surface area contributed by atoms with Crippen molar-refractivity contribution in [2.75, 3.05) is 23.8 Å². The summed E-state index contributed by atoms with van der Waals surface area (Å²) < 4.78 is 14.1. The third-order valence-electron chi connectivity index (χ3n) is 3.24. The number of aromatic nitrogens is 2. The van der Waals surface area contributed by atoms with E-state index >= 15 is 0 Å². The Morgan fingerprint density at radius 2 is 1.95 bits per heavy atom. The van der Waals surface area contributed by atoms with Crippen molar-refractivity contribution in [2.24, 2.45) is 0 Å². The molecule has 2 rings (SSSR count). The molecule has 1 N–H and O–H groups in total. The van der Waals surface area contributed by atoms with Gasteiger partial charge in [-0.15, -0.1) is 0 Å². The highest BCUT2D eigenvalue weighted by Crippen LogP contribution is 2.28. The van der Waals surface area contributed by atoms with Crippen LogP contribution in [0.15, 0.2) is 30.3 Å². The van der Waals surface area contributed by atoms with Gasteiger partial charge in [0.05, 0.1) is 5.69 Å². The molecule has 1 aromatic heterocycles. The third kappa shape index (κ3) is 3.29. The molecule has 0 radical (unpaired) electrons. The van der Waals surface area contributed by atoms with Gasteiger partial charge in [-0.2, -0.15) is 0 Å². The van der Waals surface area contributed by atoms with Crippen LogP contribution in [0.2, 0.25) is 0 Å². The Hall–Kier alpha value is -2.17. The predicted molar refractivity (Wildman–Crippen MR) is 84.7 cm³/mol. The third-order valence-corrected chi connectivity index (χ3v) is 3.24. The molecule has 0 saturated heterocycles. The van der Waals surface area contributed by atoms with Crippen molar-refractivity contribution in [2.45, 2.75) is 26.7 Å². The average Bonchev–Trinajstić information content (AvgIpc) is 2.49. The van der Waals surface area contributed by atoms with Crippen LogP contribution in [0.3, 0.4) is 0 Å². The molecule has 0 aliphatic carbocycles. The molecular weight excluding hydrogens is 267 g/mol. The first-order valence-electron chi connectivity index (χ1n) is 7.15. The van der Waals surface area contributed by atoms with Crippen LogP contribution in [0, 0.1) is 5.82 Å². The van der Waals surface area contributed by atoms with E-state index in [-0.39, 0.29) is 11.7 Å². The van der Waals surface area contributed by atoms with E-state index in [4.69, 9.17) is 0 Å². The highest BCUT2D eigenvalue weighted by Gasteiger charge is 2.16. The summed E-state index contributed by atoms with van der Waals surface area (Å²) in [4.78, 5) is 10.9. The summed E-state index contributed by atoms with van der Waals surface area (Å²) in [5, 5.41) is 3.04. The molecule has 0 atom stereocenters. The predicted octanol–water partition coefficient (Wildman–Crippen LogP) is 3.94. The zero-order valence-corrected chi connectivity index (χ0v) is 12.9. The molecule has 0 saturated carbocycles. The summed E-state index contributed by atoms with van der Waals surface area (Å²) in [6.07, 6.45) is 0. The first kappa shape index (κ1) is 15.2. The number of nitrogens with one attached hydrogen (secondary N) is 1. The summed E-state index contributed by atoms with van der Waals surface area (Å²) in [7, 11) is 1.82. The van der Waals surface area contributed by atoms with Gasteiger partial charge in [-0.1, -0.05) is 26.0 Å². The number of hydrogen-bond acceptors (Lipinski definition) is 4. The summed E-state index contributed by atoms with van der Waals surface area (Å²) in [6.45, 7) is 6.68. The van der Waals surface area contributed by atoms with Crippen LogP contribution < -0.4 is 10.2 Å². The van der Waals surface area contributed by atoms with E-state index in [0.29, 0.717) is 18.1 Å². The first-order valence-corrected chi connectivity index (χ1v) is 7.15. The quantitative estimate of drug-likeness (QED) is 0.904. The smallest absolute Gasteiger partial charge is 0.146 e. The zero-order valence-electron chi connectivity index (χ0n) is 12.9. The van der Waals surface area contributed by atoms with E-state index in [1.807, 2.05) is 44.9 Å². The minimum Gasteiger partial charge on any atom is -0.373 e. The van der Waals surface area contributed by atoms with E-state index in [9.17, 15) is 4.39 Å². The molecule has 4 nitrogen and oxygen atoms in total. The number of benzene rings is 1. The Kier molecular flexibility index (Phi) is 4.73. The van der Waals surface area contributed by atoms with Gasteiger partial charge in [0.15, 0.2) is 0 Å². The Labute approximate surface area is 125 Å². The average molecular weight is 288 g/mol. The monoisotopic (exact) mass is 288 g/mol. The van der Waals surface area contributed by atoms with Gasteiger partial charge in [0.25, 0.3) is 0 Å². The highest BCUT2D eigenvalue weighted by atomic mass is 19.1. The second-order valence-electron chi connectivity index (χ2n) is 5.07. The maximum atomic E-state index is 14.1. The van der Waals surface area contributed by atoms with Crippen LogP contribution in [-0.2, 0) is 0 Å². The molecule has 5 heteroatoms. The maximum absolute atomic E-state index is 14.1. The number of halogens is 1. The van der Waals surface area contributed by atoms with Crippen LogP contribution in [-0.4, -0.2) is 23.6 Å². The van der Waals surface area contributed by atoms with E-state index in [1.54, 1.807) is 12.1 Å². The van der Waals surface area contributed by atoms with Crippen LogP contribution in [0.5, 0.6) is 0 Å². The van der Waals surface area contributed by atoms with Gasteiger partial charge in [-0.3, -0.25) is 0 Å². The lowest BCUT2D eigenvalue weighted by Gasteiger charge is -2.24. The summed E-state index contributed by atoms with van der Waals surface area (Å²) in [5.41, 5.74) is 0.524. The van der Waals surface area contributed by atoms with Gasteiger partial charge >= 0.3 is 0 Å². The Balaban J connectivity index is 2.52. The lowest BCUT2D eigenvalue weighted by molar-refractivity contribution is 0.625. The highest BCUT2D eigenvalue weighted by molar-refractivity contribution is 5.63. The fourth-order valence-electron chi connectivity index (χ4n) is 2.10. The molecule has 112 valence electrons. The maximum Gasteiger partial charge on any atom is 0.146 e. The standard InChI is InChI=1S/C16H21FN4/c1-5-21(13-9-7-6-8-12(13)17)15-10-14(18-4)19-16(20-15)11(2)3/h6-11H,5H2,1-4H3,(H,18,19,20). The van der Waals surface area contributed by atoms with Gasteiger partial charge < -0.3 is 10.2 Å². The normalized spacial score (nSPS) is 10.8. The number of nitrogens with zero attached hydrogens (tertiary/aromatic N) is 3. The van der Waals surface area contributed by atoms with Crippen molar-refractivity contribution in [3.8, 4) is 0 Å². The molecule has 0 spiro atoms. The molecule has 0 aliphatic heterocycles. The van der Waals surface area contributed by atoms with Gasteiger partial charge in [0, 0.05) is 25.6 Å². The molecule has 0 aliphatic rings. The van der Waals surface area contributed by atoms with E-state index in [1.165, 1.54) is 6.07 Å². The van der Waals surface area contributed by atoms with Crippen molar-refractivity contribution in [3.63, 3.8) is 0 Å². The van der Waals surface area contributed by atoms with Crippen LogP contribution in [0.25, 0.3) is 0 Å². The summed E-state index contributed by atoms with van der Waals surface area (Å²) >= 11 is 0. The Bertz CT molecular complexity index is 613. The number of anilines is 3. The zero-order chi connectivity index (χ0) is 15.4. The van der Waals surface area contributed by atoms with Crippen LogP contribution in [0.4, 0.5) is 21.7 Å². The van der Waals surface area contributed by atoms with E-state index in [0.717, 1.165) is 11.6 Å². The fourth-order valence-corrected chi connectivity index (χ4v) is 2.10. The van der Waals surface area contributed by atoms with E-state index < -0.39 is 0 Å². The fraction of sp³-hybridized carbons (Fsp3) is 0.375. The van der Waals surface area contributed by atoms with E-state index in [2.05, 4.69) is 15.3 Å². The molecule has 2 aromatic rings. The number of hydrogen-bond donors (Lipinski definition) is 1. The second-order valence-corrected chi connectivity index (χ2v) is 5.07. The Morgan fingerprint density at radius 1 is 1.24 bits per heavy atom. The molecular formula is C16H21FN4. The van der Waals surface area contributed by atoms with Crippen LogP contribution in [0.1, 0.15) is 32.5 Å². The number of rotatable bonds is 5. The molecule has 1 aromatic carbocycles. The SMILES string of the molecule is CCN(c1cc(NC)nc(C(C)C)n1)c1ccccc1F. The molecule has 21 heavy (non-hydrogen) atoms. The van der Waals surface area contributed by atoms with Crippen molar-refractivity contribution >= 4 is 17.3 Å². The topological polar surface area (TPSA) is 41.0 Å². The molecule has 0 bridgehead atoms.